The lowest BCUT2D eigenvalue weighted by Gasteiger charge is -2.08. The average molecular weight is 300 g/mol. The third kappa shape index (κ3) is 2.81. The molecule has 2 aromatic rings. The summed E-state index contributed by atoms with van der Waals surface area (Å²) < 4.78 is 1.75. The molecule has 0 saturated heterocycles. The van der Waals surface area contributed by atoms with Crippen LogP contribution in [0.2, 0.25) is 0 Å². The molecule has 2 aromatic heterocycles. The van der Waals surface area contributed by atoms with E-state index in [2.05, 4.69) is 15.4 Å². The molecule has 6 heteroatoms. The van der Waals surface area contributed by atoms with Crippen LogP contribution in [0.4, 0.5) is 0 Å². The second-order valence-electron chi connectivity index (χ2n) is 6.06. The second kappa shape index (κ2) is 5.44. The van der Waals surface area contributed by atoms with E-state index in [1.165, 1.54) is 0 Å². The van der Waals surface area contributed by atoms with Crippen molar-refractivity contribution in [3.63, 3.8) is 0 Å². The zero-order valence-electron chi connectivity index (χ0n) is 13.0. The Bertz CT molecular complexity index is 775. The SMILES string of the molecule is Cc1cc(C)c(CNC(=O)[C@@H]2C[C@H]2c2cnn(C)c2)c(=O)[nH]1. The molecule has 1 saturated carbocycles. The number of carbonyl (C=O) groups is 1. The molecule has 0 radical (unpaired) electrons. The quantitative estimate of drug-likeness (QED) is 0.889. The van der Waals surface area contributed by atoms with Gasteiger partial charge in [-0.15, -0.1) is 0 Å². The number of H-pyrrole nitrogens is 1. The van der Waals surface area contributed by atoms with E-state index in [1.807, 2.05) is 39.4 Å². The number of pyridine rings is 1. The first kappa shape index (κ1) is 14.6. The zero-order valence-corrected chi connectivity index (χ0v) is 13.0. The average Bonchev–Trinajstić information content (AvgIpc) is 3.13. The van der Waals surface area contributed by atoms with Crippen LogP contribution in [0.5, 0.6) is 0 Å². The summed E-state index contributed by atoms with van der Waals surface area (Å²) in [6.07, 6.45) is 4.61. The molecule has 2 atom stereocenters. The van der Waals surface area contributed by atoms with Crippen molar-refractivity contribution in [3.8, 4) is 0 Å². The number of amides is 1. The van der Waals surface area contributed by atoms with Crippen molar-refractivity contribution in [2.45, 2.75) is 32.7 Å². The molecule has 0 unspecified atom stereocenters. The number of carbonyl (C=O) groups excluding carboxylic acids is 1. The van der Waals surface area contributed by atoms with E-state index in [1.54, 1.807) is 4.68 Å². The summed E-state index contributed by atoms with van der Waals surface area (Å²) in [6.45, 7) is 4.01. The van der Waals surface area contributed by atoms with Crippen molar-refractivity contribution < 1.29 is 4.79 Å². The summed E-state index contributed by atoms with van der Waals surface area (Å²) in [4.78, 5) is 26.9. The van der Waals surface area contributed by atoms with Crippen LogP contribution >= 0.6 is 0 Å². The lowest BCUT2D eigenvalue weighted by Crippen LogP contribution is -2.29. The highest BCUT2D eigenvalue weighted by atomic mass is 16.2. The van der Waals surface area contributed by atoms with Crippen LogP contribution in [-0.2, 0) is 18.4 Å². The molecule has 2 heterocycles. The maximum atomic E-state index is 12.2. The lowest BCUT2D eigenvalue weighted by molar-refractivity contribution is -0.122. The molecule has 0 aromatic carbocycles. The molecule has 0 bridgehead atoms. The van der Waals surface area contributed by atoms with Gasteiger partial charge < -0.3 is 10.3 Å². The highest BCUT2D eigenvalue weighted by Crippen LogP contribution is 2.47. The number of nitrogens with one attached hydrogen (secondary N) is 2. The van der Waals surface area contributed by atoms with Gasteiger partial charge in [-0.25, -0.2) is 0 Å². The molecule has 1 fully saturated rings. The zero-order chi connectivity index (χ0) is 15.9. The number of aromatic nitrogens is 3. The summed E-state index contributed by atoms with van der Waals surface area (Å²) in [5.74, 6) is 0.258. The Morgan fingerprint density at radius 3 is 2.91 bits per heavy atom. The number of hydrogen-bond donors (Lipinski definition) is 2. The first-order valence-corrected chi connectivity index (χ1v) is 7.41. The first-order valence-electron chi connectivity index (χ1n) is 7.41. The molecule has 0 aliphatic heterocycles. The van der Waals surface area contributed by atoms with Crippen LogP contribution in [0.15, 0.2) is 23.3 Å². The maximum absolute atomic E-state index is 12.2. The molecule has 1 aliphatic rings. The van der Waals surface area contributed by atoms with Gasteiger partial charge in [-0.2, -0.15) is 5.10 Å². The monoisotopic (exact) mass is 300 g/mol. The summed E-state index contributed by atoms with van der Waals surface area (Å²) in [5, 5.41) is 7.02. The maximum Gasteiger partial charge on any atom is 0.253 e. The van der Waals surface area contributed by atoms with Gasteiger partial charge in [-0.05, 0) is 43.4 Å². The predicted molar refractivity (Wildman–Crippen MR) is 82.4 cm³/mol. The van der Waals surface area contributed by atoms with Crippen LogP contribution in [0.1, 0.15) is 34.7 Å². The number of nitrogens with zero attached hydrogens (tertiary/aromatic N) is 2. The molecule has 1 amide bonds. The fourth-order valence-electron chi connectivity index (χ4n) is 2.89. The number of aromatic amines is 1. The minimum atomic E-state index is -0.127. The number of hydrogen-bond acceptors (Lipinski definition) is 3. The van der Waals surface area contributed by atoms with Crippen LogP contribution < -0.4 is 10.9 Å². The van der Waals surface area contributed by atoms with Crippen LogP contribution in [0.3, 0.4) is 0 Å². The van der Waals surface area contributed by atoms with E-state index < -0.39 is 0 Å². The minimum Gasteiger partial charge on any atom is -0.352 e. The smallest absolute Gasteiger partial charge is 0.253 e. The molecular formula is C16H20N4O2. The molecule has 22 heavy (non-hydrogen) atoms. The van der Waals surface area contributed by atoms with Gasteiger partial charge in [0.15, 0.2) is 0 Å². The van der Waals surface area contributed by atoms with Gasteiger partial charge in [-0.1, -0.05) is 0 Å². The van der Waals surface area contributed by atoms with E-state index in [0.29, 0.717) is 5.56 Å². The molecule has 116 valence electrons. The van der Waals surface area contributed by atoms with E-state index in [9.17, 15) is 9.59 Å². The first-order chi connectivity index (χ1) is 10.5. The largest absolute Gasteiger partial charge is 0.352 e. The topological polar surface area (TPSA) is 79.8 Å². The minimum absolute atomic E-state index is 0.00552. The Morgan fingerprint density at radius 2 is 2.27 bits per heavy atom. The van der Waals surface area contributed by atoms with Gasteiger partial charge in [0.2, 0.25) is 5.91 Å². The lowest BCUT2D eigenvalue weighted by atomic mass is 10.1. The van der Waals surface area contributed by atoms with E-state index >= 15 is 0 Å². The van der Waals surface area contributed by atoms with Crippen molar-refractivity contribution in [2.75, 3.05) is 0 Å². The van der Waals surface area contributed by atoms with Gasteiger partial charge in [0.1, 0.15) is 0 Å². The summed E-state index contributed by atoms with van der Waals surface area (Å²) in [7, 11) is 1.87. The summed E-state index contributed by atoms with van der Waals surface area (Å²) in [6, 6.07) is 1.92. The summed E-state index contributed by atoms with van der Waals surface area (Å²) in [5.41, 5.74) is 3.33. The Morgan fingerprint density at radius 1 is 1.50 bits per heavy atom. The van der Waals surface area contributed by atoms with Crippen LogP contribution in [0.25, 0.3) is 0 Å². The molecule has 2 N–H and O–H groups in total. The van der Waals surface area contributed by atoms with Crippen molar-refractivity contribution in [3.05, 3.63) is 51.2 Å². The van der Waals surface area contributed by atoms with Crippen molar-refractivity contribution in [1.82, 2.24) is 20.1 Å². The van der Waals surface area contributed by atoms with Crippen LogP contribution in [-0.4, -0.2) is 20.7 Å². The molecular weight excluding hydrogens is 280 g/mol. The van der Waals surface area contributed by atoms with Gasteiger partial charge in [0.05, 0.1) is 6.20 Å². The Kier molecular flexibility index (Phi) is 3.60. The van der Waals surface area contributed by atoms with E-state index in [4.69, 9.17) is 0 Å². The van der Waals surface area contributed by atoms with Gasteiger partial charge in [0.25, 0.3) is 5.56 Å². The third-order valence-corrected chi connectivity index (χ3v) is 4.21. The van der Waals surface area contributed by atoms with Crippen molar-refractivity contribution in [1.29, 1.82) is 0 Å². The molecule has 0 spiro atoms. The van der Waals surface area contributed by atoms with E-state index in [0.717, 1.165) is 23.2 Å². The predicted octanol–water partition coefficient (Wildman–Crippen LogP) is 1.15. The van der Waals surface area contributed by atoms with E-state index in [-0.39, 0.29) is 29.8 Å². The number of aryl methyl sites for hydroxylation is 3. The fourth-order valence-corrected chi connectivity index (χ4v) is 2.89. The summed E-state index contributed by atoms with van der Waals surface area (Å²) >= 11 is 0. The Labute approximate surface area is 128 Å². The Hall–Kier alpha value is -2.37. The molecule has 3 rings (SSSR count). The highest BCUT2D eigenvalue weighted by Gasteiger charge is 2.44. The molecule has 1 aliphatic carbocycles. The third-order valence-electron chi connectivity index (χ3n) is 4.21. The normalized spacial score (nSPS) is 20.0. The van der Waals surface area contributed by atoms with Gasteiger partial charge in [0, 0.05) is 37.0 Å². The number of rotatable bonds is 4. The van der Waals surface area contributed by atoms with Crippen molar-refractivity contribution in [2.24, 2.45) is 13.0 Å². The molecule has 6 nitrogen and oxygen atoms in total. The standard InChI is InChI=1S/C16H20N4O2/c1-9-4-10(2)19-16(22)14(9)7-17-15(21)13-5-12(13)11-6-18-20(3)8-11/h4,6,8,12-13H,5,7H2,1-3H3,(H,17,21)(H,19,22)/t12-,13+/m0/s1. The van der Waals surface area contributed by atoms with Gasteiger partial charge >= 0.3 is 0 Å². The highest BCUT2D eigenvalue weighted by molar-refractivity contribution is 5.82. The van der Waals surface area contributed by atoms with Gasteiger partial charge in [-0.3, -0.25) is 14.3 Å². The fraction of sp³-hybridized carbons (Fsp3) is 0.438. The van der Waals surface area contributed by atoms with Crippen LogP contribution in [0, 0.1) is 19.8 Å². The van der Waals surface area contributed by atoms with Crippen molar-refractivity contribution >= 4 is 5.91 Å². The second-order valence-corrected chi connectivity index (χ2v) is 6.06. The Balaban J connectivity index is 1.61.